The largest absolute Gasteiger partial charge is 0.481 e. The maximum absolute atomic E-state index is 11.6. The molecule has 1 aliphatic carbocycles. The predicted octanol–water partition coefficient (Wildman–Crippen LogP) is 1.17. The molecule has 0 heterocycles. The van der Waals surface area contributed by atoms with Gasteiger partial charge in [0.25, 0.3) is 0 Å². The minimum Gasteiger partial charge on any atom is -0.481 e. The number of carbonyl (C=O) groups is 2. The van der Waals surface area contributed by atoms with E-state index in [1.54, 1.807) is 7.11 Å². The van der Waals surface area contributed by atoms with Crippen molar-refractivity contribution >= 4 is 11.9 Å². The number of hydrogen-bond acceptors (Lipinski definition) is 3. The smallest absolute Gasteiger partial charge is 0.308 e. The molecule has 1 saturated carbocycles. The summed E-state index contributed by atoms with van der Waals surface area (Å²) in [6.45, 7) is 0.371. The number of carbonyl (C=O) groups excluding carboxylic acids is 1. The summed E-state index contributed by atoms with van der Waals surface area (Å²) in [5.41, 5.74) is 0. The molecule has 5 heteroatoms. The zero-order valence-electron chi connectivity index (χ0n) is 10.3. The zero-order valence-corrected chi connectivity index (χ0v) is 10.3. The van der Waals surface area contributed by atoms with E-state index in [0.29, 0.717) is 19.4 Å². The van der Waals surface area contributed by atoms with Crippen LogP contribution in [0, 0.1) is 5.92 Å². The monoisotopic (exact) mass is 243 g/mol. The average molecular weight is 243 g/mol. The van der Waals surface area contributed by atoms with Crippen LogP contribution in [0.4, 0.5) is 0 Å². The van der Waals surface area contributed by atoms with Gasteiger partial charge in [-0.2, -0.15) is 0 Å². The highest BCUT2D eigenvalue weighted by Crippen LogP contribution is 2.23. The molecule has 1 fully saturated rings. The summed E-state index contributed by atoms with van der Waals surface area (Å²) >= 11 is 0. The van der Waals surface area contributed by atoms with Gasteiger partial charge in [0.2, 0.25) is 5.91 Å². The summed E-state index contributed by atoms with van der Waals surface area (Å²) in [6.07, 6.45) is 4.67. The van der Waals surface area contributed by atoms with Gasteiger partial charge < -0.3 is 15.2 Å². The summed E-state index contributed by atoms with van der Waals surface area (Å²) in [5, 5.41) is 12.0. The fourth-order valence-corrected chi connectivity index (χ4v) is 2.25. The summed E-state index contributed by atoms with van der Waals surface area (Å²) in [4.78, 5) is 22.7. The van der Waals surface area contributed by atoms with Crippen LogP contribution < -0.4 is 5.32 Å². The summed E-state index contributed by atoms with van der Waals surface area (Å²) in [7, 11) is 1.54. The third kappa shape index (κ3) is 4.73. The molecule has 0 bridgehead atoms. The normalized spacial score (nSPS) is 25.0. The molecule has 5 nitrogen and oxygen atoms in total. The number of nitrogens with one attached hydrogen (secondary N) is 1. The lowest BCUT2D eigenvalue weighted by Gasteiger charge is -2.22. The van der Waals surface area contributed by atoms with Crippen molar-refractivity contribution in [3.63, 3.8) is 0 Å². The van der Waals surface area contributed by atoms with Crippen molar-refractivity contribution in [3.05, 3.63) is 0 Å². The molecule has 0 saturated heterocycles. The first kappa shape index (κ1) is 14.0. The number of aliphatic carboxylic acids is 1. The summed E-state index contributed by atoms with van der Waals surface area (Å²) in [6, 6.07) is -0.223. The van der Waals surface area contributed by atoms with Gasteiger partial charge in [-0.25, -0.2) is 0 Å². The van der Waals surface area contributed by atoms with Crippen LogP contribution in [0.5, 0.6) is 0 Å². The molecule has 1 amide bonds. The molecule has 0 aromatic heterocycles. The molecule has 17 heavy (non-hydrogen) atoms. The van der Waals surface area contributed by atoms with Crippen LogP contribution in [0.25, 0.3) is 0 Å². The van der Waals surface area contributed by atoms with Crippen LogP contribution in [-0.2, 0) is 14.3 Å². The Bertz CT molecular complexity index is 267. The van der Waals surface area contributed by atoms with Gasteiger partial charge in [-0.3, -0.25) is 9.59 Å². The SMILES string of the molecule is COCCC(=O)N[C@H]1CCCCC[C@H]1C(=O)O. The molecule has 1 rings (SSSR count). The highest BCUT2D eigenvalue weighted by molar-refractivity contribution is 5.78. The summed E-state index contributed by atoms with van der Waals surface area (Å²) < 4.78 is 4.82. The van der Waals surface area contributed by atoms with Crippen molar-refractivity contribution in [2.24, 2.45) is 5.92 Å². The Hall–Kier alpha value is -1.10. The van der Waals surface area contributed by atoms with E-state index >= 15 is 0 Å². The molecule has 0 aliphatic heterocycles. The van der Waals surface area contributed by atoms with E-state index in [9.17, 15) is 9.59 Å². The van der Waals surface area contributed by atoms with E-state index in [0.717, 1.165) is 25.7 Å². The Kier molecular flexibility index (Phi) is 5.97. The van der Waals surface area contributed by atoms with E-state index in [1.807, 2.05) is 0 Å². The number of carboxylic acids is 1. The molecule has 0 unspecified atom stereocenters. The highest BCUT2D eigenvalue weighted by atomic mass is 16.5. The van der Waals surface area contributed by atoms with Crippen molar-refractivity contribution in [3.8, 4) is 0 Å². The van der Waals surface area contributed by atoms with Gasteiger partial charge in [0, 0.05) is 19.6 Å². The predicted molar refractivity (Wildman–Crippen MR) is 62.6 cm³/mol. The van der Waals surface area contributed by atoms with Crippen LogP contribution in [-0.4, -0.2) is 36.7 Å². The topological polar surface area (TPSA) is 75.6 Å². The van der Waals surface area contributed by atoms with Crippen LogP contribution in [0.2, 0.25) is 0 Å². The van der Waals surface area contributed by atoms with Gasteiger partial charge in [-0.1, -0.05) is 19.3 Å². The van der Waals surface area contributed by atoms with Crippen LogP contribution in [0.3, 0.4) is 0 Å². The van der Waals surface area contributed by atoms with E-state index in [-0.39, 0.29) is 11.9 Å². The molecule has 1 aliphatic rings. The highest BCUT2D eigenvalue weighted by Gasteiger charge is 2.30. The van der Waals surface area contributed by atoms with E-state index < -0.39 is 11.9 Å². The molecular weight excluding hydrogens is 222 g/mol. The van der Waals surface area contributed by atoms with Gasteiger partial charge in [0.05, 0.1) is 12.5 Å². The van der Waals surface area contributed by atoms with E-state index in [4.69, 9.17) is 9.84 Å². The average Bonchev–Trinajstić information content (AvgIpc) is 2.51. The van der Waals surface area contributed by atoms with Gasteiger partial charge in [-0.15, -0.1) is 0 Å². The second-order valence-corrected chi connectivity index (χ2v) is 4.50. The Morgan fingerprint density at radius 2 is 2.00 bits per heavy atom. The van der Waals surface area contributed by atoms with Gasteiger partial charge >= 0.3 is 5.97 Å². The number of carboxylic acid groups (broad SMARTS) is 1. The van der Waals surface area contributed by atoms with Gasteiger partial charge in [0.1, 0.15) is 0 Å². The number of ether oxygens (including phenoxy) is 1. The number of amides is 1. The van der Waals surface area contributed by atoms with Crippen molar-refractivity contribution in [1.82, 2.24) is 5.32 Å². The first-order chi connectivity index (χ1) is 8.15. The molecule has 2 N–H and O–H groups in total. The third-order valence-electron chi connectivity index (χ3n) is 3.21. The van der Waals surface area contributed by atoms with Crippen LogP contribution in [0.15, 0.2) is 0 Å². The maximum Gasteiger partial charge on any atom is 0.308 e. The molecule has 2 atom stereocenters. The third-order valence-corrected chi connectivity index (χ3v) is 3.21. The Morgan fingerprint density at radius 3 is 2.65 bits per heavy atom. The first-order valence-electron chi connectivity index (χ1n) is 6.16. The van der Waals surface area contributed by atoms with Crippen LogP contribution in [0.1, 0.15) is 38.5 Å². The fourth-order valence-electron chi connectivity index (χ4n) is 2.25. The molecule has 0 aromatic carbocycles. The van der Waals surface area contributed by atoms with Crippen molar-refractivity contribution in [2.75, 3.05) is 13.7 Å². The van der Waals surface area contributed by atoms with Gasteiger partial charge in [0.15, 0.2) is 0 Å². The lowest BCUT2D eigenvalue weighted by atomic mass is 9.95. The minimum absolute atomic E-state index is 0.120. The number of hydrogen-bond donors (Lipinski definition) is 2. The molecule has 98 valence electrons. The Labute approximate surface area is 102 Å². The molecule has 0 aromatic rings. The first-order valence-corrected chi connectivity index (χ1v) is 6.16. The van der Waals surface area contributed by atoms with E-state index in [1.165, 1.54) is 0 Å². The fraction of sp³-hybridized carbons (Fsp3) is 0.833. The van der Waals surface area contributed by atoms with Crippen molar-refractivity contribution < 1.29 is 19.4 Å². The van der Waals surface area contributed by atoms with E-state index in [2.05, 4.69) is 5.32 Å². The number of rotatable bonds is 5. The van der Waals surface area contributed by atoms with Gasteiger partial charge in [-0.05, 0) is 12.8 Å². The molecular formula is C12H21NO4. The summed E-state index contributed by atoms with van der Waals surface area (Å²) in [5.74, 6) is -1.36. The Morgan fingerprint density at radius 1 is 1.29 bits per heavy atom. The Balaban J connectivity index is 2.51. The van der Waals surface area contributed by atoms with Crippen molar-refractivity contribution in [2.45, 2.75) is 44.6 Å². The minimum atomic E-state index is -0.802. The second-order valence-electron chi connectivity index (χ2n) is 4.50. The standard InChI is InChI=1S/C12H21NO4/c1-17-8-7-11(14)13-10-6-4-2-3-5-9(10)12(15)16/h9-10H,2-8H2,1H3,(H,13,14)(H,15,16)/t9-,10+/m1/s1. The lowest BCUT2D eigenvalue weighted by Crippen LogP contribution is -2.43. The number of methoxy groups -OCH3 is 1. The quantitative estimate of drug-likeness (QED) is 0.711. The molecule has 0 spiro atoms. The molecule has 0 radical (unpaired) electrons. The maximum atomic E-state index is 11.6. The van der Waals surface area contributed by atoms with Crippen LogP contribution >= 0.6 is 0 Å². The lowest BCUT2D eigenvalue weighted by molar-refractivity contribution is -0.143. The second kappa shape index (κ2) is 7.27. The van der Waals surface area contributed by atoms with Crippen molar-refractivity contribution in [1.29, 1.82) is 0 Å². The zero-order chi connectivity index (χ0) is 12.7.